The van der Waals surface area contributed by atoms with Gasteiger partial charge in [0.25, 0.3) is 0 Å². The Kier molecular flexibility index (Phi) is 3.01. The van der Waals surface area contributed by atoms with Crippen molar-refractivity contribution in [1.82, 2.24) is 0 Å². The first kappa shape index (κ1) is 10.9. The molecule has 0 aromatic heterocycles. The third kappa shape index (κ3) is 2.17. The van der Waals surface area contributed by atoms with E-state index in [9.17, 15) is 5.11 Å². The monoisotopic (exact) mass is 206 g/mol. The highest BCUT2D eigenvalue weighted by Crippen LogP contribution is 2.51. The van der Waals surface area contributed by atoms with Gasteiger partial charge >= 0.3 is 0 Å². The van der Waals surface area contributed by atoms with Crippen LogP contribution in [0.5, 0.6) is 0 Å². The molecule has 0 heterocycles. The number of aliphatic hydroxyl groups excluding tert-OH is 1. The van der Waals surface area contributed by atoms with Crippen LogP contribution < -0.4 is 0 Å². The fourth-order valence-corrected chi connectivity index (χ4v) is 2.90. The Morgan fingerprint density at radius 3 is 2.60 bits per heavy atom. The lowest BCUT2D eigenvalue weighted by Crippen LogP contribution is -2.44. The Morgan fingerprint density at radius 1 is 1.40 bits per heavy atom. The van der Waals surface area contributed by atoms with Crippen LogP contribution in [0.1, 0.15) is 46.0 Å². The van der Waals surface area contributed by atoms with Crippen LogP contribution in [0.4, 0.5) is 0 Å². The van der Waals surface area contributed by atoms with E-state index in [1.807, 2.05) is 0 Å². The highest BCUT2D eigenvalue weighted by molar-refractivity contribution is 5.24. The molecular weight excluding hydrogens is 184 g/mol. The van der Waals surface area contributed by atoms with Gasteiger partial charge in [-0.2, -0.15) is 0 Å². The Balaban J connectivity index is 2.02. The van der Waals surface area contributed by atoms with Crippen molar-refractivity contribution in [2.24, 2.45) is 11.3 Å². The molecule has 1 fully saturated rings. The number of allylic oxidation sites excluding steroid dienone is 4. The van der Waals surface area contributed by atoms with Gasteiger partial charge in [0.15, 0.2) is 0 Å². The summed E-state index contributed by atoms with van der Waals surface area (Å²) >= 11 is 0. The molecule has 1 nitrogen and oxygen atoms in total. The molecule has 0 aliphatic heterocycles. The number of hydrogen-bond donors (Lipinski definition) is 1. The molecule has 1 saturated carbocycles. The summed E-state index contributed by atoms with van der Waals surface area (Å²) in [6.45, 7) is 4.58. The van der Waals surface area contributed by atoms with E-state index in [0.29, 0.717) is 11.3 Å². The Hall–Kier alpha value is -0.560. The van der Waals surface area contributed by atoms with Crippen molar-refractivity contribution in [2.75, 3.05) is 0 Å². The molecule has 0 amide bonds. The Labute approximate surface area is 92.9 Å². The maximum absolute atomic E-state index is 9.52. The lowest BCUT2D eigenvalue weighted by atomic mass is 9.57. The fourth-order valence-electron chi connectivity index (χ4n) is 2.90. The molecule has 0 aromatic carbocycles. The molecule has 2 rings (SSSR count). The topological polar surface area (TPSA) is 20.2 Å². The van der Waals surface area contributed by atoms with Gasteiger partial charge in [-0.05, 0) is 43.4 Å². The zero-order valence-corrected chi connectivity index (χ0v) is 9.87. The first-order chi connectivity index (χ1) is 7.12. The second-order valence-electron chi connectivity index (χ2n) is 5.51. The molecule has 2 aliphatic rings. The quantitative estimate of drug-likeness (QED) is 0.750. The van der Waals surface area contributed by atoms with Crippen molar-refractivity contribution < 1.29 is 5.11 Å². The van der Waals surface area contributed by atoms with Crippen molar-refractivity contribution in [2.45, 2.75) is 52.1 Å². The number of rotatable bonds is 3. The van der Waals surface area contributed by atoms with Gasteiger partial charge in [0, 0.05) is 0 Å². The van der Waals surface area contributed by atoms with Gasteiger partial charge in [-0.3, -0.25) is 0 Å². The predicted molar refractivity (Wildman–Crippen MR) is 63.6 cm³/mol. The summed E-state index contributed by atoms with van der Waals surface area (Å²) in [6.07, 6.45) is 12.4. The minimum absolute atomic E-state index is 0.0411. The second-order valence-corrected chi connectivity index (χ2v) is 5.51. The zero-order chi connectivity index (χ0) is 10.9. The fraction of sp³-hybridized carbons (Fsp3) is 0.714. The van der Waals surface area contributed by atoms with Crippen LogP contribution >= 0.6 is 0 Å². The maximum atomic E-state index is 9.52. The number of hydrogen-bond acceptors (Lipinski definition) is 1. The molecule has 2 aliphatic carbocycles. The smallest absolute Gasteiger partial charge is 0.0551 e. The SMILES string of the molecule is CC(C)C1(CC2=CCCC=C2)CC(O)C1. The summed E-state index contributed by atoms with van der Waals surface area (Å²) in [5, 5.41) is 9.52. The van der Waals surface area contributed by atoms with Crippen molar-refractivity contribution in [3.05, 3.63) is 23.8 Å². The van der Waals surface area contributed by atoms with E-state index in [-0.39, 0.29) is 6.10 Å². The summed E-state index contributed by atoms with van der Waals surface area (Å²) in [7, 11) is 0. The van der Waals surface area contributed by atoms with Gasteiger partial charge in [-0.1, -0.05) is 37.6 Å². The molecule has 1 heteroatoms. The highest BCUT2D eigenvalue weighted by Gasteiger charge is 2.45. The van der Waals surface area contributed by atoms with E-state index in [0.717, 1.165) is 19.3 Å². The lowest BCUT2D eigenvalue weighted by molar-refractivity contribution is -0.0607. The normalized spacial score (nSPS) is 35.2. The van der Waals surface area contributed by atoms with Crippen LogP contribution in [0.15, 0.2) is 23.8 Å². The van der Waals surface area contributed by atoms with Crippen LogP contribution in [-0.4, -0.2) is 11.2 Å². The molecule has 84 valence electrons. The molecule has 0 atom stereocenters. The van der Waals surface area contributed by atoms with E-state index < -0.39 is 0 Å². The summed E-state index contributed by atoms with van der Waals surface area (Å²) in [6, 6.07) is 0. The summed E-state index contributed by atoms with van der Waals surface area (Å²) in [5.74, 6) is 0.678. The average Bonchev–Trinajstić information content (AvgIpc) is 2.16. The summed E-state index contributed by atoms with van der Waals surface area (Å²) in [5.41, 5.74) is 1.87. The van der Waals surface area contributed by atoms with Crippen LogP contribution in [-0.2, 0) is 0 Å². The first-order valence-electron chi connectivity index (χ1n) is 6.16. The molecule has 1 N–H and O–H groups in total. The molecule has 0 bridgehead atoms. The van der Waals surface area contributed by atoms with E-state index in [1.54, 1.807) is 0 Å². The third-order valence-electron chi connectivity index (χ3n) is 4.14. The van der Waals surface area contributed by atoms with Crippen molar-refractivity contribution >= 4 is 0 Å². The average molecular weight is 206 g/mol. The molecule has 15 heavy (non-hydrogen) atoms. The zero-order valence-electron chi connectivity index (χ0n) is 9.87. The maximum Gasteiger partial charge on any atom is 0.0551 e. The van der Waals surface area contributed by atoms with Crippen molar-refractivity contribution in [1.29, 1.82) is 0 Å². The molecule has 0 spiro atoms. The molecular formula is C14H22O. The standard InChI is InChI=1S/C14H22O/c1-11(2)14(9-13(15)10-14)8-12-6-4-3-5-7-12/h4,6-7,11,13,15H,3,5,8-10H2,1-2H3. The molecule has 0 saturated heterocycles. The van der Waals surface area contributed by atoms with Crippen molar-refractivity contribution in [3.8, 4) is 0 Å². The van der Waals surface area contributed by atoms with Gasteiger partial charge in [-0.25, -0.2) is 0 Å². The highest BCUT2D eigenvalue weighted by atomic mass is 16.3. The van der Waals surface area contributed by atoms with Gasteiger partial charge in [0.1, 0.15) is 0 Å². The van der Waals surface area contributed by atoms with Crippen LogP contribution in [0, 0.1) is 11.3 Å². The third-order valence-corrected chi connectivity index (χ3v) is 4.14. The molecule has 0 aromatic rings. The van der Waals surface area contributed by atoms with Gasteiger partial charge in [0.2, 0.25) is 0 Å². The van der Waals surface area contributed by atoms with Gasteiger partial charge in [0.05, 0.1) is 6.10 Å². The minimum Gasteiger partial charge on any atom is -0.393 e. The summed E-state index contributed by atoms with van der Waals surface area (Å²) in [4.78, 5) is 0. The lowest BCUT2D eigenvalue weighted by Gasteiger charge is -2.49. The van der Waals surface area contributed by atoms with Gasteiger partial charge < -0.3 is 5.11 Å². The van der Waals surface area contributed by atoms with E-state index in [4.69, 9.17) is 0 Å². The van der Waals surface area contributed by atoms with E-state index in [2.05, 4.69) is 32.1 Å². The first-order valence-corrected chi connectivity index (χ1v) is 6.16. The van der Waals surface area contributed by atoms with Crippen molar-refractivity contribution in [3.63, 3.8) is 0 Å². The van der Waals surface area contributed by atoms with Crippen LogP contribution in [0.2, 0.25) is 0 Å². The van der Waals surface area contributed by atoms with Crippen LogP contribution in [0.3, 0.4) is 0 Å². The van der Waals surface area contributed by atoms with E-state index >= 15 is 0 Å². The Bertz CT molecular complexity index is 280. The molecule has 0 unspecified atom stereocenters. The minimum atomic E-state index is -0.0411. The largest absolute Gasteiger partial charge is 0.393 e. The Morgan fingerprint density at radius 2 is 2.13 bits per heavy atom. The van der Waals surface area contributed by atoms with Crippen LogP contribution in [0.25, 0.3) is 0 Å². The second kappa shape index (κ2) is 4.13. The van der Waals surface area contributed by atoms with E-state index in [1.165, 1.54) is 18.4 Å². The summed E-state index contributed by atoms with van der Waals surface area (Å²) < 4.78 is 0. The molecule has 0 radical (unpaired) electrons. The van der Waals surface area contributed by atoms with Gasteiger partial charge in [-0.15, -0.1) is 0 Å². The predicted octanol–water partition coefficient (Wildman–Crippen LogP) is 3.45. The number of aliphatic hydroxyl groups is 1.